The third-order valence-electron chi connectivity index (χ3n) is 3.06. The first-order chi connectivity index (χ1) is 7.15. The summed E-state index contributed by atoms with van der Waals surface area (Å²) in [6.07, 6.45) is 6.34. The molecule has 0 aliphatic carbocycles. The van der Waals surface area contributed by atoms with Crippen LogP contribution < -0.4 is 0 Å². The first-order valence-electron chi connectivity index (χ1n) is 5.58. The zero-order valence-electron chi connectivity index (χ0n) is 9.67. The number of nitrogens with zero attached hydrogens (tertiary/aromatic N) is 1. The molecule has 2 heteroatoms. The molecule has 2 nitrogen and oxygen atoms in total. The number of fused-ring (bicyclic) bond motifs is 1. The highest BCUT2D eigenvalue weighted by molar-refractivity contribution is 5.80. The van der Waals surface area contributed by atoms with Crippen molar-refractivity contribution in [3.8, 4) is 0 Å². The molecule has 0 saturated heterocycles. The molecule has 0 unspecified atom stereocenters. The Balaban J connectivity index is 2.52. The van der Waals surface area contributed by atoms with Crippen LogP contribution in [0.2, 0.25) is 0 Å². The lowest BCUT2D eigenvalue weighted by Crippen LogP contribution is -2.15. The van der Waals surface area contributed by atoms with Crippen molar-refractivity contribution in [1.29, 1.82) is 0 Å². The van der Waals surface area contributed by atoms with Crippen LogP contribution in [0, 0.1) is 0 Å². The molecule has 0 radical (unpaired) electrons. The molecule has 2 heterocycles. The van der Waals surface area contributed by atoms with Gasteiger partial charge in [0.1, 0.15) is 5.65 Å². The predicted molar refractivity (Wildman–Crippen MR) is 64.0 cm³/mol. The Morgan fingerprint density at radius 3 is 2.93 bits per heavy atom. The predicted octanol–water partition coefficient (Wildman–Crippen LogP) is 3.64. The summed E-state index contributed by atoms with van der Waals surface area (Å²) < 4.78 is 0. The standard InChI is InChI=1S/C13H18N2/c1-4-7-13(2,3)11-9-15-12-10(11)6-5-8-14-12/h5-6,8-9H,4,7H2,1-3H3,(H,14,15). The van der Waals surface area contributed by atoms with Crippen molar-refractivity contribution in [3.05, 3.63) is 30.1 Å². The molecule has 0 aromatic carbocycles. The number of H-pyrrole nitrogens is 1. The molecule has 1 N–H and O–H groups in total. The van der Waals surface area contributed by atoms with E-state index in [1.165, 1.54) is 23.8 Å². The van der Waals surface area contributed by atoms with Gasteiger partial charge in [-0.25, -0.2) is 4.98 Å². The van der Waals surface area contributed by atoms with Gasteiger partial charge in [-0.3, -0.25) is 0 Å². The molecule has 0 aliphatic heterocycles. The Kier molecular flexibility index (Phi) is 2.51. The number of rotatable bonds is 3. The van der Waals surface area contributed by atoms with Gasteiger partial charge >= 0.3 is 0 Å². The van der Waals surface area contributed by atoms with Crippen molar-refractivity contribution in [2.75, 3.05) is 0 Å². The lowest BCUT2D eigenvalue weighted by Gasteiger charge is -2.23. The minimum absolute atomic E-state index is 0.232. The van der Waals surface area contributed by atoms with Gasteiger partial charge in [0.05, 0.1) is 0 Å². The first kappa shape index (κ1) is 10.2. The average Bonchev–Trinajstić information content (AvgIpc) is 2.61. The van der Waals surface area contributed by atoms with Crippen LogP contribution in [0.1, 0.15) is 39.2 Å². The van der Waals surface area contributed by atoms with E-state index in [1.54, 1.807) is 0 Å². The Morgan fingerprint density at radius 1 is 1.40 bits per heavy atom. The highest BCUT2D eigenvalue weighted by Gasteiger charge is 2.22. The minimum atomic E-state index is 0.232. The molecular formula is C13H18N2. The smallest absolute Gasteiger partial charge is 0.137 e. The average molecular weight is 202 g/mol. The number of aromatic nitrogens is 2. The van der Waals surface area contributed by atoms with Crippen molar-refractivity contribution in [2.24, 2.45) is 0 Å². The summed E-state index contributed by atoms with van der Waals surface area (Å²) in [7, 11) is 0. The molecule has 0 aliphatic rings. The molecular weight excluding hydrogens is 184 g/mol. The number of aromatic amines is 1. The minimum Gasteiger partial charge on any atom is -0.346 e. The summed E-state index contributed by atoms with van der Waals surface area (Å²) >= 11 is 0. The maximum Gasteiger partial charge on any atom is 0.137 e. The number of nitrogens with one attached hydrogen (secondary N) is 1. The lowest BCUT2D eigenvalue weighted by atomic mass is 9.81. The van der Waals surface area contributed by atoms with Crippen molar-refractivity contribution in [3.63, 3.8) is 0 Å². The molecule has 2 aromatic heterocycles. The summed E-state index contributed by atoms with van der Waals surface area (Å²) in [4.78, 5) is 7.56. The molecule has 2 rings (SSSR count). The van der Waals surface area contributed by atoms with E-state index in [2.05, 4.69) is 43.0 Å². The van der Waals surface area contributed by atoms with Gasteiger partial charge < -0.3 is 4.98 Å². The molecule has 80 valence electrons. The molecule has 2 aromatic rings. The zero-order chi connectivity index (χ0) is 10.9. The van der Waals surface area contributed by atoms with E-state index in [0.717, 1.165) is 5.65 Å². The van der Waals surface area contributed by atoms with Crippen LogP contribution in [0.4, 0.5) is 0 Å². The topological polar surface area (TPSA) is 28.7 Å². The fraction of sp³-hybridized carbons (Fsp3) is 0.462. The van der Waals surface area contributed by atoms with Crippen LogP contribution in [-0.4, -0.2) is 9.97 Å². The second-order valence-corrected chi connectivity index (χ2v) is 4.74. The second kappa shape index (κ2) is 3.69. The summed E-state index contributed by atoms with van der Waals surface area (Å²) in [5.41, 5.74) is 2.61. The largest absolute Gasteiger partial charge is 0.346 e. The van der Waals surface area contributed by atoms with Crippen molar-refractivity contribution >= 4 is 11.0 Å². The molecule has 15 heavy (non-hydrogen) atoms. The molecule has 0 fully saturated rings. The fourth-order valence-corrected chi connectivity index (χ4v) is 2.28. The van der Waals surface area contributed by atoms with Gasteiger partial charge in [0.25, 0.3) is 0 Å². The van der Waals surface area contributed by atoms with Gasteiger partial charge in [-0.1, -0.05) is 27.2 Å². The third-order valence-corrected chi connectivity index (χ3v) is 3.06. The van der Waals surface area contributed by atoms with E-state index in [4.69, 9.17) is 0 Å². The van der Waals surface area contributed by atoms with Crippen LogP contribution in [0.5, 0.6) is 0 Å². The van der Waals surface area contributed by atoms with Gasteiger partial charge in [0.2, 0.25) is 0 Å². The summed E-state index contributed by atoms with van der Waals surface area (Å²) in [5, 5.41) is 1.26. The van der Waals surface area contributed by atoms with Crippen LogP contribution >= 0.6 is 0 Å². The number of hydrogen-bond donors (Lipinski definition) is 1. The van der Waals surface area contributed by atoms with Crippen molar-refractivity contribution in [2.45, 2.75) is 39.0 Å². The monoisotopic (exact) mass is 202 g/mol. The summed E-state index contributed by atoms with van der Waals surface area (Å²) in [6, 6.07) is 4.15. The lowest BCUT2D eigenvalue weighted by molar-refractivity contribution is 0.477. The Labute approximate surface area is 90.7 Å². The van der Waals surface area contributed by atoms with Gasteiger partial charge in [0.15, 0.2) is 0 Å². The molecule has 0 saturated carbocycles. The van der Waals surface area contributed by atoms with Crippen LogP contribution in [0.25, 0.3) is 11.0 Å². The fourth-order valence-electron chi connectivity index (χ4n) is 2.28. The highest BCUT2D eigenvalue weighted by atomic mass is 14.8. The van der Waals surface area contributed by atoms with Gasteiger partial charge in [-0.05, 0) is 29.5 Å². The number of pyridine rings is 1. The van der Waals surface area contributed by atoms with E-state index in [-0.39, 0.29) is 5.41 Å². The Bertz CT molecular complexity index is 454. The normalized spacial score (nSPS) is 12.2. The van der Waals surface area contributed by atoms with Gasteiger partial charge in [-0.15, -0.1) is 0 Å². The highest BCUT2D eigenvalue weighted by Crippen LogP contribution is 2.32. The van der Waals surface area contributed by atoms with Gasteiger partial charge in [0, 0.05) is 17.8 Å². The SMILES string of the molecule is CCCC(C)(C)c1c[nH]c2ncccc12. The van der Waals surface area contributed by atoms with E-state index >= 15 is 0 Å². The second-order valence-electron chi connectivity index (χ2n) is 4.74. The zero-order valence-corrected chi connectivity index (χ0v) is 9.67. The summed E-state index contributed by atoms with van der Waals surface area (Å²) in [5.74, 6) is 0. The third kappa shape index (κ3) is 1.76. The van der Waals surface area contributed by atoms with Crippen molar-refractivity contribution < 1.29 is 0 Å². The van der Waals surface area contributed by atoms with Crippen LogP contribution in [0.3, 0.4) is 0 Å². The summed E-state index contributed by atoms with van der Waals surface area (Å²) in [6.45, 7) is 6.83. The van der Waals surface area contributed by atoms with E-state index < -0.39 is 0 Å². The first-order valence-corrected chi connectivity index (χ1v) is 5.58. The molecule has 0 bridgehead atoms. The van der Waals surface area contributed by atoms with Crippen LogP contribution in [-0.2, 0) is 5.41 Å². The number of hydrogen-bond acceptors (Lipinski definition) is 1. The molecule has 0 spiro atoms. The Hall–Kier alpha value is -1.31. The van der Waals surface area contributed by atoms with Crippen LogP contribution in [0.15, 0.2) is 24.5 Å². The molecule has 0 atom stereocenters. The van der Waals surface area contributed by atoms with E-state index in [1.807, 2.05) is 12.3 Å². The Morgan fingerprint density at radius 2 is 2.20 bits per heavy atom. The van der Waals surface area contributed by atoms with E-state index in [0.29, 0.717) is 0 Å². The molecule has 0 amide bonds. The van der Waals surface area contributed by atoms with Gasteiger partial charge in [-0.2, -0.15) is 0 Å². The quantitative estimate of drug-likeness (QED) is 0.808. The maximum absolute atomic E-state index is 4.32. The maximum atomic E-state index is 4.32. The van der Waals surface area contributed by atoms with E-state index in [9.17, 15) is 0 Å². The van der Waals surface area contributed by atoms with Crippen molar-refractivity contribution in [1.82, 2.24) is 9.97 Å².